The average Bonchev–Trinajstić information content (AvgIpc) is 2.58. The second-order valence-corrected chi connectivity index (χ2v) is 7.42. The van der Waals surface area contributed by atoms with Crippen molar-refractivity contribution in [2.75, 3.05) is 33.2 Å². The maximum atomic E-state index is 13.3. The van der Waals surface area contributed by atoms with Crippen LogP contribution in [0.15, 0.2) is 24.3 Å². The standard InChI is InChI=1S/C20H30N2O/c1-16-8-10-18(11-9-16)19(17-6-4-3-5-7-17)20(23)22-14-12-21(2)13-15-22/h8-11,17,19H,3-7,12-15H2,1-2H3. The molecule has 0 spiro atoms. The molecule has 1 aliphatic carbocycles. The van der Waals surface area contributed by atoms with Crippen molar-refractivity contribution in [2.45, 2.75) is 44.9 Å². The summed E-state index contributed by atoms with van der Waals surface area (Å²) in [7, 11) is 2.14. The molecular weight excluding hydrogens is 284 g/mol. The van der Waals surface area contributed by atoms with E-state index in [9.17, 15) is 4.79 Å². The molecule has 1 aromatic rings. The first kappa shape index (κ1) is 16.5. The van der Waals surface area contributed by atoms with Gasteiger partial charge in [-0.2, -0.15) is 0 Å². The van der Waals surface area contributed by atoms with Gasteiger partial charge in [0.25, 0.3) is 0 Å². The third-order valence-corrected chi connectivity index (χ3v) is 5.64. The first-order valence-electron chi connectivity index (χ1n) is 9.19. The zero-order valence-electron chi connectivity index (χ0n) is 14.6. The SMILES string of the molecule is Cc1ccc(C(C(=O)N2CCN(C)CC2)C2CCCCC2)cc1. The number of carbonyl (C=O) groups is 1. The van der Waals surface area contributed by atoms with Crippen molar-refractivity contribution in [1.29, 1.82) is 0 Å². The zero-order chi connectivity index (χ0) is 16.2. The lowest BCUT2D eigenvalue weighted by molar-refractivity contribution is -0.136. The third kappa shape index (κ3) is 3.95. The number of amides is 1. The smallest absolute Gasteiger partial charge is 0.230 e. The fraction of sp³-hybridized carbons (Fsp3) is 0.650. The van der Waals surface area contributed by atoms with E-state index in [0.29, 0.717) is 11.8 Å². The molecule has 2 aliphatic rings. The fourth-order valence-corrected chi connectivity index (χ4v) is 4.08. The minimum Gasteiger partial charge on any atom is -0.340 e. The number of piperazine rings is 1. The summed E-state index contributed by atoms with van der Waals surface area (Å²) in [4.78, 5) is 17.7. The van der Waals surface area contributed by atoms with Crippen molar-refractivity contribution in [1.82, 2.24) is 9.80 Å². The Hall–Kier alpha value is -1.35. The molecule has 126 valence electrons. The molecule has 1 heterocycles. The number of rotatable bonds is 3. The van der Waals surface area contributed by atoms with Crippen LogP contribution >= 0.6 is 0 Å². The topological polar surface area (TPSA) is 23.6 Å². The van der Waals surface area contributed by atoms with E-state index < -0.39 is 0 Å². The Balaban J connectivity index is 1.81. The number of hydrogen-bond acceptors (Lipinski definition) is 2. The molecule has 1 aromatic carbocycles. The van der Waals surface area contributed by atoms with Crippen LogP contribution in [0.4, 0.5) is 0 Å². The van der Waals surface area contributed by atoms with E-state index in [0.717, 1.165) is 26.2 Å². The number of aryl methyl sites for hydroxylation is 1. The second-order valence-electron chi connectivity index (χ2n) is 7.42. The van der Waals surface area contributed by atoms with E-state index in [1.807, 2.05) is 0 Å². The van der Waals surface area contributed by atoms with Crippen LogP contribution in [-0.4, -0.2) is 48.9 Å². The summed E-state index contributed by atoms with van der Waals surface area (Å²) in [5.41, 5.74) is 2.50. The van der Waals surface area contributed by atoms with E-state index in [2.05, 4.69) is 48.0 Å². The molecule has 1 saturated heterocycles. The molecule has 3 nitrogen and oxygen atoms in total. The van der Waals surface area contributed by atoms with Crippen LogP contribution in [0.1, 0.15) is 49.1 Å². The van der Waals surface area contributed by atoms with Crippen LogP contribution in [0.3, 0.4) is 0 Å². The van der Waals surface area contributed by atoms with E-state index in [4.69, 9.17) is 0 Å². The molecule has 0 aromatic heterocycles. The normalized spacial score (nSPS) is 22.1. The quantitative estimate of drug-likeness (QED) is 0.853. The average molecular weight is 314 g/mol. The highest BCUT2D eigenvalue weighted by Crippen LogP contribution is 2.37. The van der Waals surface area contributed by atoms with Gasteiger partial charge in [-0.05, 0) is 38.3 Å². The molecule has 3 heteroatoms. The van der Waals surface area contributed by atoms with E-state index in [1.165, 1.54) is 43.2 Å². The predicted molar refractivity (Wildman–Crippen MR) is 94.6 cm³/mol. The summed E-state index contributed by atoms with van der Waals surface area (Å²) in [6, 6.07) is 8.68. The van der Waals surface area contributed by atoms with Crippen LogP contribution < -0.4 is 0 Å². The molecule has 3 rings (SSSR count). The highest BCUT2D eigenvalue weighted by atomic mass is 16.2. The summed E-state index contributed by atoms with van der Waals surface area (Å²) < 4.78 is 0. The van der Waals surface area contributed by atoms with Crippen molar-refractivity contribution in [2.24, 2.45) is 5.92 Å². The van der Waals surface area contributed by atoms with Crippen LogP contribution in [0.5, 0.6) is 0 Å². The van der Waals surface area contributed by atoms with Crippen molar-refractivity contribution in [3.05, 3.63) is 35.4 Å². The van der Waals surface area contributed by atoms with Crippen molar-refractivity contribution in [3.63, 3.8) is 0 Å². The Kier molecular flexibility index (Phi) is 5.37. The van der Waals surface area contributed by atoms with Crippen molar-refractivity contribution >= 4 is 5.91 Å². The van der Waals surface area contributed by atoms with E-state index in [1.54, 1.807) is 0 Å². The Morgan fingerprint density at radius 3 is 2.22 bits per heavy atom. The molecular formula is C20H30N2O. The Morgan fingerprint density at radius 1 is 1.00 bits per heavy atom. The highest BCUT2D eigenvalue weighted by Gasteiger charge is 2.34. The maximum absolute atomic E-state index is 13.3. The minimum absolute atomic E-state index is 0.0688. The van der Waals surface area contributed by atoms with Gasteiger partial charge in [-0.3, -0.25) is 4.79 Å². The van der Waals surface area contributed by atoms with Gasteiger partial charge in [-0.1, -0.05) is 49.1 Å². The molecule has 1 saturated carbocycles. The summed E-state index contributed by atoms with van der Waals surface area (Å²) in [5.74, 6) is 0.965. The number of nitrogens with zero attached hydrogens (tertiary/aromatic N) is 2. The Labute approximate surface area is 140 Å². The number of carbonyl (C=O) groups excluding carboxylic acids is 1. The van der Waals surface area contributed by atoms with Crippen molar-refractivity contribution < 1.29 is 4.79 Å². The summed E-state index contributed by atoms with van der Waals surface area (Å²) in [6.07, 6.45) is 6.31. The molecule has 0 N–H and O–H groups in total. The van der Waals surface area contributed by atoms with Crippen LogP contribution in [0.2, 0.25) is 0 Å². The summed E-state index contributed by atoms with van der Waals surface area (Å²) in [6.45, 7) is 5.87. The number of hydrogen-bond donors (Lipinski definition) is 0. The Morgan fingerprint density at radius 2 is 1.61 bits per heavy atom. The van der Waals surface area contributed by atoms with Gasteiger partial charge in [0.2, 0.25) is 5.91 Å². The molecule has 0 radical (unpaired) electrons. The van der Waals surface area contributed by atoms with Gasteiger partial charge in [0.1, 0.15) is 0 Å². The highest BCUT2D eigenvalue weighted by molar-refractivity contribution is 5.84. The van der Waals surface area contributed by atoms with Gasteiger partial charge >= 0.3 is 0 Å². The summed E-state index contributed by atoms with van der Waals surface area (Å²) >= 11 is 0. The van der Waals surface area contributed by atoms with Crippen LogP contribution in [-0.2, 0) is 4.79 Å². The largest absolute Gasteiger partial charge is 0.340 e. The molecule has 1 unspecified atom stereocenters. The molecule has 2 fully saturated rings. The first-order valence-corrected chi connectivity index (χ1v) is 9.19. The fourth-order valence-electron chi connectivity index (χ4n) is 4.08. The maximum Gasteiger partial charge on any atom is 0.230 e. The lowest BCUT2D eigenvalue weighted by Gasteiger charge is -2.38. The molecule has 23 heavy (non-hydrogen) atoms. The molecule has 0 bridgehead atoms. The number of likely N-dealkylation sites (N-methyl/N-ethyl adjacent to an activating group) is 1. The summed E-state index contributed by atoms with van der Waals surface area (Å²) in [5, 5.41) is 0. The van der Waals surface area contributed by atoms with Gasteiger partial charge < -0.3 is 9.80 Å². The Bertz CT molecular complexity index is 511. The van der Waals surface area contributed by atoms with Gasteiger partial charge in [0, 0.05) is 26.2 Å². The van der Waals surface area contributed by atoms with Gasteiger partial charge in [-0.15, -0.1) is 0 Å². The zero-order valence-corrected chi connectivity index (χ0v) is 14.6. The van der Waals surface area contributed by atoms with E-state index in [-0.39, 0.29) is 5.92 Å². The van der Waals surface area contributed by atoms with E-state index >= 15 is 0 Å². The first-order chi connectivity index (χ1) is 11.1. The molecule has 1 amide bonds. The lowest BCUT2D eigenvalue weighted by atomic mass is 9.76. The molecule has 1 aliphatic heterocycles. The van der Waals surface area contributed by atoms with Crippen LogP contribution in [0.25, 0.3) is 0 Å². The lowest BCUT2D eigenvalue weighted by Crippen LogP contribution is -2.49. The monoisotopic (exact) mass is 314 g/mol. The van der Waals surface area contributed by atoms with Gasteiger partial charge in [-0.25, -0.2) is 0 Å². The number of benzene rings is 1. The van der Waals surface area contributed by atoms with Crippen molar-refractivity contribution in [3.8, 4) is 0 Å². The molecule has 1 atom stereocenters. The minimum atomic E-state index is 0.0688. The van der Waals surface area contributed by atoms with Gasteiger partial charge in [0.15, 0.2) is 0 Å². The van der Waals surface area contributed by atoms with Crippen LogP contribution in [0, 0.1) is 12.8 Å². The van der Waals surface area contributed by atoms with Gasteiger partial charge in [0.05, 0.1) is 5.92 Å². The third-order valence-electron chi connectivity index (χ3n) is 5.64. The predicted octanol–water partition coefficient (Wildman–Crippen LogP) is 3.43. The second kappa shape index (κ2) is 7.48.